The van der Waals surface area contributed by atoms with E-state index in [0.717, 1.165) is 31.4 Å². The van der Waals surface area contributed by atoms with E-state index in [1.807, 2.05) is 24.3 Å². The van der Waals surface area contributed by atoms with Crippen molar-refractivity contribution in [3.05, 3.63) is 83.7 Å². The lowest BCUT2D eigenvalue weighted by Gasteiger charge is -2.29. The third-order valence-corrected chi connectivity index (χ3v) is 8.71. The van der Waals surface area contributed by atoms with Crippen molar-refractivity contribution in [2.24, 2.45) is 5.73 Å². The molecular weight excluding hydrogens is 492 g/mol. The van der Waals surface area contributed by atoms with Crippen molar-refractivity contribution in [3.8, 4) is 0 Å². The van der Waals surface area contributed by atoms with Gasteiger partial charge in [-0.05, 0) is 54.7 Å². The van der Waals surface area contributed by atoms with E-state index in [-0.39, 0.29) is 34.9 Å². The van der Waals surface area contributed by atoms with Gasteiger partial charge in [0.1, 0.15) is 12.4 Å². The number of carboxylic acid groups (broad SMARTS) is 1. The summed E-state index contributed by atoms with van der Waals surface area (Å²) >= 11 is 0. The molecule has 1 aliphatic rings. The molecule has 4 rings (SSSR count). The van der Waals surface area contributed by atoms with E-state index < -0.39 is 20.7 Å². The van der Waals surface area contributed by atoms with Gasteiger partial charge in [-0.3, -0.25) is 4.79 Å². The minimum Gasteiger partial charge on any atom is -0.480 e. The fourth-order valence-electron chi connectivity index (χ4n) is 4.31. The molecule has 0 spiro atoms. The number of pyridine rings is 2. The largest absolute Gasteiger partial charge is 0.480 e. The molecule has 1 saturated carbocycles. The zero-order valence-corrected chi connectivity index (χ0v) is 21.6. The number of nitrogens with two attached hydrogens (primary N) is 1. The Bertz CT molecular complexity index is 1330. The zero-order chi connectivity index (χ0) is 26.5. The Balaban J connectivity index is 1.68. The highest BCUT2D eigenvalue weighted by atomic mass is 32.2. The van der Waals surface area contributed by atoms with Crippen LogP contribution in [0.25, 0.3) is 0 Å². The summed E-state index contributed by atoms with van der Waals surface area (Å²) in [5, 5.41) is 11.5. The number of nitrogens with one attached hydrogen (secondary N) is 1. The van der Waals surface area contributed by atoms with Crippen LogP contribution in [0.2, 0.25) is 0 Å². The van der Waals surface area contributed by atoms with Crippen molar-refractivity contribution in [3.63, 3.8) is 0 Å². The Morgan fingerprint density at radius 2 is 1.89 bits per heavy atom. The van der Waals surface area contributed by atoms with Crippen LogP contribution in [0, 0.1) is 0 Å². The number of aliphatic carboxylic acids is 1. The van der Waals surface area contributed by atoms with E-state index in [0.29, 0.717) is 6.61 Å². The van der Waals surface area contributed by atoms with Gasteiger partial charge in [0.15, 0.2) is 9.90 Å². The molecule has 0 bridgehead atoms. The Morgan fingerprint density at radius 1 is 1.14 bits per heavy atom. The number of carbonyl (C=O) groups is 1. The van der Waals surface area contributed by atoms with Crippen molar-refractivity contribution in [2.75, 3.05) is 25.1 Å². The van der Waals surface area contributed by atoms with Crippen molar-refractivity contribution in [2.45, 2.75) is 47.9 Å². The Morgan fingerprint density at radius 3 is 2.51 bits per heavy atom. The minimum atomic E-state index is -4.20. The molecule has 10 heteroatoms. The summed E-state index contributed by atoms with van der Waals surface area (Å²) in [5.41, 5.74) is 8.75. The van der Waals surface area contributed by atoms with E-state index in [1.54, 1.807) is 24.3 Å². The summed E-state index contributed by atoms with van der Waals surface area (Å²) in [6.07, 6.45) is 4.44. The Hall–Kier alpha value is -3.34. The maximum atomic E-state index is 13.9. The molecular formula is C27H32N4O5S. The lowest BCUT2D eigenvalue weighted by molar-refractivity contribution is -0.134. The van der Waals surface area contributed by atoms with Crippen LogP contribution in [0.5, 0.6) is 0 Å². The molecule has 2 aromatic heterocycles. The van der Waals surface area contributed by atoms with Crippen molar-refractivity contribution in [1.29, 1.82) is 0 Å². The third-order valence-electron chi connectivity index (χ3n) is 6.61. The summed E-state index contributed by atoms with van der Waals surface area (Å²) in [5.74, 6) is -0.856. The first kappa shape index (κ1) is 26.7. The van der Waals surface area contributed by atoms with E-state index >= 15 is 0 Å². The first-order valence-electron chi connectivity index (χ1n) is 12.3. The van der Waals surface area contributed by atoms with E-state index in [9.17, 15) is 13.2 Å². The number of hydrogen-bond acceptors (Lipinski definition) is 8. The maximum absolute atomic E-state index is 13.9. The van der Waals surface area contributed by atoms with E-state index in [1.165, 1.54) is 23.9 Å². The summed E-state index contributed by atoms with van der Waals surface area (Å²) in [6, 6.07) is 17.1. The van der Waals surface area contributed by atoms with Gasteiger partial charge in [-0.25, -0.2) is 18.4 Å². The molecule has 196 valence electrons. The Labute approximate surface area is 217 Å². The number of hydrogen-bond donors (Lipinski definition) is 3. The summed E-state index contributed by atoms with van der Waals surface area (Å²) in [6.45, 7) is 3.12. The average Bonchev–Trinajstić information content (AvgIpc) is 3.69. The van der Waals surface area contributed by atoms with Gasteiger partial charge in [0.2, 0.25) is 9.84 Å². The third kappa shape index (κ3) is 5.82. The number of rotatable bonds is 13. The second-order valence-electron chi connectivity index (χ2n) is 9.42. The van der Waals surface area contributed by atoms with Crippen LogP contribution in [-0.2, 0) is 36.1 Å². The number of nitrogens with zero attached hydrogens (tertiary/aromatic N) is 2. The van der Waals surface area contributed by atoms with Crippen LogP contribution in [-0.4, -0.2) is 49.2 Å². The molecule has 2 heterocycles. The second kappa shape index (κ2) is 11.0. The monoisotopic (exact) mass is 524 g/mol. The van der Waals surface area contributed by atoms with Gasteiger partial charge in [-0.2, -0.15) is 0 Å². The smallest absolute Gasteiger partial charge is 0.322 e. The average molecular weight is 525 g/mol. The van der Waals surface area contributed by atoms with Gasteiger partial charge in [-0.1, -0.05) is 43.3 Å². The number of carboxylic acids is 1. The van der Waals surface area contributed by atoms with Gasteiger partial charge in [0.05, 0.1) is 12.3 Å². The number of ether oxygens (including phenoxy) is 1. The molecule has 4 N–H and O–H groups in total. The van der Waals surface area contributed by atoms with Crippen molar-refractivity contribution in [1.82, 2.24) is 9.97 Å². The molecule has 1 atom stereocenters. The fourth-order valence-corrected chi connectivity index (χ4v) is 5.89. The molecule has 0 radical (unpaired) electrons. The van der Waals surface area contributed by atoms with Crippen LogP contribution in [0.3, 0.4) is 0 Å². The van der Waals surface area contributed by atoms with Crippen LogP contribution in [0.1, 0.15) is 43.0 Å². The quantitative estimate of drug-likeness (QED) is 0.287. The first-order valence-corrected chi connectivity index (χ1v) is 13.7. The van der Waals surface area contributed by atoms with E-state index in [2.05, 4.69) is 22.2 Å². The van der Waals surface area contributed by atoms with Crippen LogP contribution >= 0.6 is 0 Å². The van der Waals surface area contributed by atoms with Crippen LogP contribution in [0.4, 0.5) is 5.82 Å². The topological polar surface area (TPSA) is 144 Å². The molecule has 37 heavy (non-hydrogen) atoms. The molecule has 1 unspecified atom stereocenters. The minimum absolute atomic E-state index is 0.0270. The molecule has 1 aromatic carbocycles. The van der Waals surface area contributed by atoms with Crippen LogP contribution < -0.4 is 11.1 Å². The van der Waals surface area contributed by atoms with Crippen molar-refractivity contribution >= 4 is 21.6 Å². The number of anilines is 1. The Kier molecular flexibility index (Phi) is 7.91. The predicted octanol–water partition coefficient (Wildman–Crippen LogP) is 3.26. The second-order valence-corrected chi connectivity index (χ2v) is 11.6. The van der Waals surface area contributed by atoms with Crippen LogP contribution in [0.15, 0.2) is 71.9 Å². The number of aromatic nitrogens is 2. The predicted molar refractivity (Wildman–Crippen MR) is 140 cm³/mol. The SMILES string of the molecule is CCCOCC1(c2ccc(CC(N)(c3cccc(NCC(=O)O)n3)S(=O)(=O)c3ccccn3)cc2)CC1. The van der Waals surface area contributed by atoms with Gasteiger partial charge < -0.3 is 20.9 Å². The van der Waals surface area contributed by atoms with Gasteiger partial charge >= 0.3 is 5.97 Å². The summed E-state index contributed by atoms with van der Waals surface area (Å²) < 4.78 is 33.5. The lowest BCUT2D eigenvalue weighted by Crippen LogP contribution is -2.47. The molecule has 0 aliphatic heterocycles. The zero-order valence-electron chi connectivity index (χ0n) is 20.8. The molecule has 0 saturated heterocycles. The highest BCUT2D eigenvalue weighted by Gasteiger charge is 2.46. The van der Waals surface area contributed by atoms with Gasteiger partial charge in [0, 0.05) is 24.6 Å². The molecule has 9 nitrogen and oxygen atoms in total. The van der Waals surface area contributed by atoms with Gasteiger partial charge in [0.25, 0.3) is 0 Å². The molecule has 0 amide bonds. The summed E-state index contributed by atoms with van der Waals surface area (Å²) in [4.78, 5) is 17.5. The molecule has 1 fully saturated rings. The lowest BCUT2D eigenvalue weighted by atomic mass is 9.94. The molecule has 1 aliphatic carbocycles. The highest BCUT2D eigenvalue weighted by Crippen LogP contribution is 2.48. The number of sulfone groups is 1. The normalized spacial score (nSPS) is 16.1. The summed E-state index contributed by atoms with van der Waals surface area (Å²) in [7, 11) is -4.20. The number of benzene rings is 1. The maximum Gasteiger partial charge on any atom is 0.322 e. The first-order chi connectivity index (χ1) is 17.7. The van der Waals surface area contributed by atoms with E-state index in [4.69, 9.17) is 15.6 Å². The highest BCUT2D eigenvalue weighted by molar-refractivity contribution is 7.92. The van der Waals surface area contributed by atoms with Crippen molar-refractivity contribution < 1.29 is 23.1 Å². The standard InChI is InChI=1S/C27H32N4O5S/c1-2-16-36-19-26(13-14-26)21-11-9-20(10-12-21)17-27(28,37(34,35)24-8-3-4-15-29-24)22-6-5-7-23(31-22)30-18-25(32)33/h3-12,15H,2,13-14,16-19,28H2,1H3,(H,30,31)(H,32,33). The molecule has 3 aromatic rings. The fraction of sp³-hybridized carbons (Fsp3) is 0.370. The van der Waals surface area contributed by atoms with Gasteiger partial charge in [-0.15, -0.1) is 0 Å².